The molecule has 1 unspecified atom stereocenters. The zero-order chi connectivity index (χ0) is 26.0. The van der Waals surface area contributed by atoms with Crippen LogP contribution in [-0.4, -0.2) is 22.8 Å². The Labute approximate surface area is 212 Å². The number of fused-ring (bicyclic) bond motifs is 2. The first kappa shape index (κ1) is 25.4. The Kier molecular flexibility index (Phi) is 7.14. The third-order valence-corrected chi connectivity index (χ3v) is 6.25. The fourth-order valence-electron chi connectivity index (χ4n) is 4.40. The number of carbonyl (C=O) groups excluding carboxylic acids is 1. The van der Waals surface area contributed by atoms with E-state index in [1.165, 1.54) is 7.11 Å². The highest BCUT2D eigenvalue weighted by Crippen LogP contribution is 2.42. The third-order valence-electron chi connectivity index (χ3n) is 6.25. The van der Waals surface area contributed by atoms with Gasteiger partial charge in [0.25, 0.3) is 0 Å². The lowest BCUT2D eigenvalue weighted by Gasteiger charge is -2.24. The van der Waals surface area contributed by atoms with Crippen molar-refractivity contribution >= 4 is 5.97 Å². The number of esters is 1. The summed E-state index contributed by atoms with van der Waals surface area (Å²) in [6.45, 7) is 10.2. The van der Waals surface area contributed by atoms with Gasteiger partial charge in [0, 0.05) is 23.5 Å². The van der Waals surface area contributed by atoms with Crippen LogP contribution in [0.2, 0.25) is 0 Å². The van der Waals surface area contributed by atoms with Crippen molar-refractivity contribution in [2.45, 2.75) is 59.3 Å². The molecule has 1 aliphatic heterocycles. The molecule has 4 rings (SSSR count). The number of ether oxygens (including phenoxy) is 3. The molecule has 1 atom stereocenters. The zero-order valence-corrected chi connectivity index (χ0v) is 21.7. The molecular weight excluding hydrogens is 454 g/mol. The molecule has 0 spiro atoms. The van der Waals surface area contributed by atoms with Gasteiger partial charge in [-0.3, -0.25) is 0 Å². The number of aromatic nitrogens is 1. The van der Waals surface area contributed by atoms with E-state index in [1.807, 2.05) is 75.8 Å². The largest absolute Gasteiger partial charge is 0.495 e. The Morgan fingerprint density at radius 1 is 1.19 bits per heavy atom. The molecule has 0 saturated carbocycles. The summed E-state index contributed by atoms with van der Waals surface area (Å²) in [4.78, 5) is 13.1. The number of aryl methyl sites for hydroxylation is 1. The predicted molar refractivity (Wildman–Crippen MR) is 138 cm³/mol. The predicted octanol–water partition coefficient (Wildman–Crippen LogP) is 6.13. The molecule has 3 aromatic rings. The molecule has 1 aliphatic rings. The van der Waals surface area contributed by atoms with Gasteiger partial charge < -0.3 is 23.9 Å². The Hall–Kier alpha value is -3.69. The van der Waals surface area contributed by atoms with Gasteiger partial charge in [0.05, 0.1) is 24.3 Å². The van der Waals surface area contributed by atoms with Crippen LogP contribution in [0.5, 0.6) is 17.2 Å². The summed E-state index contributed by atoms with van der Waals surface area (Å²) in [5.74, 6) is 7.48. The van der Waals surface area contributed by atoms with Gasteiger partial charge in [0.2, 0.25) is 0 Å². The standard InChI is InChI=1S/C30H33NO5/c1-19(2)15-24(32)23-9-10-25-26(28(23)34-6)29(33)35-18-22-17-20(3)16-21(27(22)36-25)11-12-30(4,5)31-13-7-8-14-31/h7-10,13-14,16-17,19,24,32H,15,18H2,1-6H3. The maximum atomic E-state index is 13.1. The lowest BCUT2D eigenvalue weighted by Crippen LogP contribution is -2.22. The number of rotatable bonds is 5. The molecule has 0 saturated heterocycles. The average Bonchev–Trinajstić information content (AvgIpc) is 3.37. The van der Waals surface area contributed by atoms with Gasteiger partial charge in [0.1, 0.15) is 29.4 Å². The van der Waals surface area contributed by atoms with E-state index in [0.29, 0.717) is 29.0 Å². The van der Waals surface area contributed by atoms with Gasteiger partial charge in [-0.05, 0) is 75.1 Å². The summed E-state index contributed by atoms with van der Waals surface area (Å²) in [5.41, 5.74) is 2.69. The number of nitrogens with zero attached hydrogens (tertiary/aromatic N) is 1. The summed E-state index contributed by atoms with van der Waals surface area (Å²) >= 11 is 0. The molecule has 1 aromatic heterocycles. The van der Waals surface area contributed by atoms with Crippen molar-refractivity contribution < 1.29 is 24.1 Å². The average molecular weight is 488 g/mol. The molecule has 2 aromatic carbocycles. The highest BCUT2D eigenvalue weighted by Gasteiger charge is 2.30. The minimum absolute atomic E-state index is 0.0346. The van der Waals surface area contributed by atoms with Gasteiger partial charge in [-0.15, -0.1) is 0 Å². The highest BCUT2D eigenvalue weighted by atomic mass is 16.5. The number of hydrogen-bond acceptors (Lipinski definition) is 5. The van der Waals surface area contributed by atoms with Crippen LogP contribution in [0.4, 0.5) is 0 Å². The van der Waals surface area contributed by atoms with Crippen molar-refractivity contribution in [1.82, 2.24) is 4.57 Å². The van der Waals surface area contributed by atoms with E-state index in [2.05, 4.69) is 11.8 Å². The molecule has 6 nitrogen and oxygen atoms in total. The maximum Gasteiger partial charge on any atom is 0.346 e. The fourth-order valence-corrected chi connectivity index (χ4v) is 4.40. The van der Waals surface area contributed by atoms with Crippen LogP contribution >= 0.6 is 0 Å². The topological polar surface area (TPSA) is 69.9 Å². The minimum Gasteiger partial charge on any atom is -0.495 e. The number of aliphatic hydroxyl groups excluding tert-OH is 1. The van der Waals surface area contributed by atoms with Crippen LogP contribution in [0.25, 0.3) is 0 Å². The number of cyclic esters (lactones) is 1. The first-order valence-electron chi connectivity index (χ1n) is 12.1. The second kappa shape index (κ2) is 10.1. The van der Waals surface area contributed by atoms with Crippen molar-refractivity contribution in [3.05, 3.63) is 76.6 Å². The van der Waals surface area contributed by atoms with Crippen molar-refractivity contribution in [3.63, 3.8) is 0 Å². The van der Waals surface area contributed by atoms with E-state index in [1.54, 1.807) is 12.1 Å². The van der Waals surface area contributed by atoms with Gasteiger partial charge in [-0.2, -0.15) is 0 Å². The molecule has 0 amide bonds. The van der Waals surface area contributed by atoms with Crippen molar-refractivity contribution in [3.8, 4) is 29.1 Å². The third kappa shape index (κ3) is 5.12. The first-order chi connectivity index (χ1) is 17.1. The first-order valence-corrected chi connectivity index (χ1v) is 12.1. The molecular formula is C30H33NO5. The lowest BCUT2D eigenvalue weighted by atomic mass is 9.96. The number of aliphatic hydroxyl groups is 1. The van der Waals surface area contributed by atoms with E-state index in [4.69, 9.17) is 14.2 Å². The molecule has 0 aliphatic carbocycles. The molecule has 1 N–H and O–H groups in total. The van der Waals surface area contributed by atoms with Crippen LogP contribution in [0, 0.1) is 24.7 Å². The Bertz CT molecular complexity index is 1330. The normalized spacial score (nSPS) is 13.8. The van der Waals surface area contributed by atoms with Crippen LogP contribution in [0.3, 0.4) is 0 Å². The summed E-state index contributed by atoms with van der Waals surface area (Å²) in [6, 6.07) is 11.3. The van der Waals surface area contributed by atoms with Gasteiger partial charge in [0.15, 0.2) is 0 Å². The molecule has 188 valence electrons. The highest BCUT2D eigenvalue weighted by molar-refractivity contribution is 5.96. The summed E-state index contributed by atoms with van der Waals surface area (Å²) in [7, 11) is 1.48. The Morgan fingerprint density at radius 3 is 2.58 bits per heavy atom. The van der Waals surface area contributed by atoms with Crippen molar-refractivity contribution in [2.24, 2.45) is 5.92 Å². The SMILES string of the molecule is COc1c(C(O)CC(C)C)ccc2c1C(=O)OCc1cc(C)cc(C#CC(C)(C)n3cccc3)c1O2. The maximum absolute atomic E-state index is 13.1. The van der Waals surface area contributed by atoms with E-state index >= 15 is 0 Å². The van der Waals surface area contributed by atoms with Gasteiger partial charge >= 0.3 is 5.97 Å². The van der Waals surface area contributed by atoms with Crippen molar-refractivity contribution in [2.75, 3.05) is 7.11 Å². The van der Waals surface area contributed by atoms with E-state index in [0.717, 1.165) is 11.1 Å². The minimum atomic E-state index is -0.782. The quantitative estimate of drug-likeness (QED) is 0.346. The van der Waals surface area contributed by atoms with Crippen LogP contribution in [0.1, 0.15) is 72.8 Å². The second-order valence-electron chi connectivity index (χ2n) is 10.1. The van der Waals surface area contributed by atoms with E-state index in [9.17, 15) is 9.90 Å². The summed E-state index contributed by atoms with van der Waals surface area (Å²) in [5, 5.41) is 10.8. The number of hydrogen-bond donors (Lipinski definition) is 1. The molecule has 6 heteroatoms. The smallest absolute Gasteiger partial charge is 0.346 e. The van der Waals surface area contributed by atoms with Crippen molar-refractivity contribution in [1.29, 1.82) is 0 Å². The van der Waals surface area contributed by atoms with E-state index < -0.39 is 17.6 Å². The molecule has 2 heterocycles. The summed E-state index contributed by atoms with van der Waals surface area (Å²) < 4.78 is 19.7. The molecule has 0 bridgehead atoms. The number of benzene rings is 2. The van der Waals surface area contributed by atoms with Crippen LogP contribution in [0.15, 0.2) is 48.8 Å². The Morgan fingerprint density at radius 2 is 1.92 bits per heavy atom. The number of methoxy groups -OCH3 is 1. The molecule has 36 heavy (non-hydrogen) atoms. The van der Waals surface area contributed by atoms with E-state index in [-0.39, 0.29) is 23.8 Å². The second-order valence-corrected chi connectivity index (χ2v) is 10.1. The van der Waals surface area contributed by atoms with Crippen LogP contribution < -0.4 is 9.47 Å². The summed E-state index contributed by atoms with van der Waals surface area (Å²) in [6.07, 6.45) is 3.72. The molecule has 0 fully saturated rings. The Balaban J connectivity index is 1.82. The lowest BCUT2D eigenvalue weighted by molar-refractivity contribution is 0.0454. The fraction of sp³-hybridized carbons (Fsp3) is 0.367. The zero-order valence-electron chi connectivity index (χ0n) is 21.7. The van der Waals surface area contributed by atoms with Gasteiger partial charge in [-0.1, -0.05) is 25.7 Å². The van der Waals surface area contributed by atoms with Gasteiger partial charge in [-0.25, -0.2) is 4.79 Å². The van der Waals surface area contributed by atoms with Crippen LogP contribution in [-0.2, 0) is 16.9 Å². The number of carbonyl (C=O) groups is 1. The molecule has 0 radical (unpaired) electrons. The monoisotopic (exact) mass is 487 g/mol.